The molecule has 1 fully saturated rings. The van der Waals surface area contributed by atoms with Gasteiger partial charge >= 0.3 is 0 Å². The second-order valence-electron chi connectivity index (χ2n) is 7.74. The van der Waals surface area contributed by atoms with E-state index in [-0.39, 0.29) is 5.91 Å². The Morgan fingerprint density at radius 2 is 1.87 bits per heavy atom. The van der Waals surface area contributed by atoms with Gasteiger partial charge in [-0.05, 0) is 48.6 Å². The van der Waals surface area contributed by atoms with Crippen LogP contribution >= 0.6 is 11.6 Å². The van der Waals surface area contributed by atoms with Crippen molar-refractivity contribution in [1.82, 2.24) is 14.5 Å². The summed E-state index contributed by atoms with van der Waals surface area (Å²) >= 11 is 6.19. The fourth-order valence-electron chi connectivity index (χ4n) is 3.97. The lowest BCUT2D eigenvalue weighted by Crippen LogP contribution is -2.39. The van der Waals surface area contributed by atoms with E-state index in [1.807, 2.05) is 53.8 Å². The molecule has 1 aromatic heterocycles. The maximum absolute atomic E-state index is 12.8. The molecule has 30 heavy (non-hydrogen) atoms. The molecule has 2 heterocycles. The van der Waals surface area contributed by atoms with E-state index in [0.29, 0.717) is 22.1 Å². The molecule has 6 heteroatoms. The van der Waals surface area contributed by atoms with Crippen LogP contribution in [0.25, 0.3) is 0 Å². The standard InChI is InChI=1S/C24H23ClN4O/c25-23-4-2-1-3-22(23)24(30)28-11-9-20(10-12-28)16-29-17-27-15-21(29)13-18-5-7-19(14-26)8-6-18/h1-8,15,17,20H,9-13,16H2. The highest BCUT2D eigenvalue weighted by Crippen LogP contribution is 2.24. The van der Waals surface area contributed by atoms with Crippen molar-refractivity contribution in [3.8, 4) is 6.07 Å². The number of amides is 1. The van der Waals surface area contributed by atoms with Crippen LogP contribution in [-0.2, 0) is 13.0 Å². The summed E-state index contributed by atoms with van der Waals surface area (Å²) in [5, 5.41) is 9.46. The summed E-state index contributed by atoms with van der Waals surface area (Å²) in [6.45, 7) is 2.39. The highest BCUT2D eigenvalue weighted by Gasteiger charge is 2.25. The number of carbonyl (C=O) groups excluding carboxylic acids is 1. The zero-order chi connectivity index (χ0) is 20.9. The summed E-state index contributed by atoms with van der Waals surface area (Å²) in [5.74, 6) is 0.525. The molecule has 0 saturated carbocycles. The molecule has 0 unspecified atom stereocenters. The van der Waals surface area contributed by atoms with Crippen molar-refractivity contribution in [3.05, 3.63) is 88.5 Å². The lowest BCUT2D eigenvalue weighted by atomic mass is 9.96. The SMILES string of the molecule is N#Cc1ccc(Cc2cncn2CC2CCN(C(=O)c3ccccc3Cl)CC2)cc1. The lowest BCUT2D eigenvalue weighted by molar-refractivity contribution is 0.0682. The molecule has 1 saturated heterocycles. The summed E-state index contributed by atoms with van der Waals surface area (Å²) in [6, 6.07) is 17.1. The van der Waals surface area contributed by atoms with Gasteiger partial charge in [-0.1, -0.05) is 35.9 Å². The molecule has 152 valence electrons. The van der Waals surface area contributed by atoms with Gasteiger partial charge < -0.3 is 9.47 Å². The first-order valence-corrected chi connectivity index (χ1v) is 10.5. The maximum atomic E-state index is 12.8. The first-order valence-electron chi connectivity index (χ1n) is 10.2. The Morgan fingerprint density at radius 1 is 1.13 bits per heavy atom. The Kier molecular flexibility index (Phi) is 6.15. The Hall–Kier alpha value is -3.10. The average Bonchev–Trinajstić information content (AvgIpc) is 3.21. The molecule has 1 amide bonds. The summed E-state index contributed by atoms with van der Waals surface area (Å²) in [6.07, 6.45) is 6.51. The van der Waals surface area contributed by atoms with Crippen molar-refractivity contribution < 1.29 is 4.79 Å². The normalized spacial score (nSPS) is 14.5. The Balaban J connectivity index is 1.35. The van der Waals surface area contributed by atoms with Crippen LogP contribution in [0.4, 0.5) is 0 Å². The van der Waals surface area contributed by atoms with Gasteiger partial charge in [0.2, 0.25) is 0 Å². The Morgan fingerprint density at radius 3 is 2.57 bits per heavy atom. The molecule has 3 aromatic rings. The van der Waals surface area contributed by atoms with Gasteiger partial charge in [-0.3, -0.25) is 4.79 Å². The van der Waals surface area contributed by atoms with Crippen LogP contribution in [0.5, 0.6) is 0 Å². The zero-order valence-electron chi connectivity index (χ0n) is 16.7. The first-order chi connectivity index (χ1) is 14.6. The van der Waals surface area contributed by atoms with E-state index in [0.717, 1.165) is 50.2 Å². The third-order valence-corrected chi connectivity index (χ3v) is 6.06. The van der Waals surface area contributed by atoms with Crippen molar-refractivity contribution in [2.24, 2.45) is 5.92 Å². The molecule has 1 aliphatic rings. The van der Waals surface area contributed by atoms with Crippen LogP contribution < -0.4 is 0 Å². The van der Waals surface area contributed by atoms with E-state index < -0.39 is 0 Å². The number of nitrogens with zero attached hydrogens (tertiary/aromatic N) is 4. The number of piperidine rings is 1. The molecule has 1 aliphatic heterocycles. The molecular weight excluding hydrogens is 396 g/mol. The Labute approximate surface area is 181 Å². The number of rotatable bonds is 5. The van der Waals surface area contributed by atoms with Crippen molar-refractivity contribution in [1.29, 1.82) is 5.26 Å². The molecule has 0 aliphatic carbocycles. The highest BCUT2D eigenvalue weighted by molar-refractivity contribution is 6.33. The molecule has 0 atom stereocenters. The van der Waals surface area contributed by atoms with Crippen LogP contribution in [0.15, 0.2) is 61.1 Å². The van der Waals surface area contributed by atoms with Gasteiger partial charge in [0.25, 0.3) is 5.91 Å². The number of imidazole rings is 1. The molecule has 0 spiro atoms. The number of hydrogen-bond acceptors (Lipinski definition) is 3. The average molecular weight is 419 g/mol. The fourth-order valence-corrected chi connectivity index (χ4v) is 4.18. The largest absolute Gasteiger partial charge is 0.339 e. The monoisotopic (exact) mass is 418 g/mol. The molecule has 5 nitrogen and oxygen atoms in total. The minimum atomic E-state index is 0.0168. The van der Waals surface area contributed by atoms with Crippen molar-refractivity contribution in [3.63, 3.8) is 0 Å². The summed E-state index contributed by atoms with van der Waals surface area (Å²) in [7, 11) is 0. The van der Waals surface area contributed by atoms with Crippen molar-refractivity contribution in [2.75, 3.05) is 13.1 Å². The molecule has 0 N–H and O–H groups in total. The molecular formula is C24H23ClN4O. The smallest absolute Gasteiger partial charge is 0.255 e. The first kappa shape index (κ1) is 20.2. The van der Waals surface area contributed by atoms with E-state index in [4.69, 9.17) is 16.9 Å². The minimum absolute atomic E-state index is 0.0168. The van der Waals surface area contributed by atoms with Gasteiger partial charge in [0.1, 0.15) is 0 Å². The highest BCUT2D eigenvalue weighted by atomic mass is 35.5. The van der Waals surface area contributed by atoms with E-state index in [2.05, 4.69) is 15.6 Å². The predicted molar refractivity (Wildman–Crippen MR) is 116 cm³/mol. The van der Waals surface area contributed by atoms with Crippen LogP contribution in [-0.4, -0.2) is 33.4 Å². The molecule has 0 radical (unpaired) electrons. The van der Waals surface area contributed by atoms with Gasteiger partial charge in [-0.2, -0.15) is 5.26 Å². The van der Waals surface area contributed by atoms with Gasteiger partial charge in [-0.25, -0.2) is 4.98 Å². The number of likely N-dealkylation sites (tertiary alicyclic amines) is 1. The lowest BCUT2D eigenvalue weighted by Gasteiger charge is -2.32. The summed E-state index contributed by atoms with van der Waals surface area (Å²) < 4.78 is 2.22. The number of aromatic nitrogens is 2. The van der Waals surface area contributed by atoms with E-state index in [1.54, 1.807) is 12.1 Å². The van der Waals surface area contributed by atoms with Crippen molar-refractivity contribution in [2.45, 2.75) is 25.8 Å². The van der Waals surface area contributed by atoms with Gasteiger partial charge in [0, 0.05) is 37.9 Å². The van der Waals surface area contributed by atoms with E-state index in [9.17, 15) is 4.79 Å². The third-order valence-electron chi connectivity index (χ3n) is 5.73. The maximum Gasteiger partial charge on any atom is 0.255 e. The zero-order valence-corrected chi connectivity index (χ0v) is 17.4. The van der Waals surface area contributed by atoms with Gasteiger partial charge in [0.05, 0.1) is 28.5 Å². The number of hydrogen-bond donors (Lipinski definition) is 0. The van der Waals surface area contributed by atoms with E-state index in [1.165, 1.54) is 0 Å². The fraction of sp³-hybridized carbons (Fsp3) is 0.292. The summed E-state index contributed by atoms with van der Waals surface area (Å²) in [4.78, 5) is 19.0. The molecule has 4 rings (SSSR count). The predicted octanol–water partition coefficient (Wildman–Crippen LogP) is 4.55. The van der Waals surface area contributed by atoms with Gasteiger partial charge in [-0.15, -0.1) is 0 Å². The minimum Gasteiger partial charge on any atom is -0.339 e. The number of benzene rings is 2. The number of carbonyl (C=O) groups is 1. The summed E-state index contributed by atoms with van der Waals surface area (Å²) in [5.41, 5.74) is 3.58. The van der Waals surface area contributed by atoms with Crippen LogP contribution in [0.1, 0.15) is 40.0 Å². The van der Waals surface area contributed by atoms with Crippen LogP contribution in [0.3, 0.4) is 0 Å². The quantitative estimate of drug-likeness (QED) is 0.610. The van der Waals surface area contributed by atoms with Crippen molar-refractivity contribution >= 4 is 17.5 Å². The second-order valence-corrected chi connectivity index (χ2v) is 8.15. The Bertz CT molecular complexity index is 1060. The van der Waals surface area contributed by atoms with E-state index >= 15 is 0 Å². The molecule has 0 bridgehead atoms. The number of nitriles is 1. The second kappa shape index (κ2) is 9.15. The van der Waals surface area contributed by atoms with Gasteiger partial charge in [0.15, 0.2) is 0 Å². The number of halogens is 1. The third kappa shape index (κ3) is 4.55. The van der Waals surface area contributed by atoms with Crippen LogP contribution in [0.2, 0.25) is 5.02 Å². The molecule has 2 aromatic carbocycles. The van der Waals surface area contributed by atoms with Crippen LogP contribution in [0, 0.1) is 17.2 Å². The topological polar surface area (TPSA) is 61.9 Å².